The van der Waals surface area contributed by atoms with Crippen molar-refractivity contribution in [1.29, 1.82) is 0 Å². The largest absolute Gasteiger partial charge is 0.497 e. The number of hydrogen-bond acceptors (Lipinski definition) is 3. The van der Waals surface area contributed by atoms with Crippen LogP contribution in [0, 0.1) is 12.8 Å². The van der Waals surface area contributed by atoms with Crippen molar-refractivity contribution in [3.8, 4) is 5.75 Å². The Balaban J connectivity index is 1.56. The first-order valence-electron chi connectivity index (χ1n) is 10.3. The van der Waals surface area contributed by atoms with Crippen LogP contribution in [-0.2, 0) is 16.0 Å². The van der Waals surface area contributed by atoms with Gasteiger partial charge in [0.15, 0.2) is 0 Å². The SMILES string of the molecule is CCN(C(=O)C1CCN(C(=O)Cc2ccc(OC)cc2)CC1)c1cccc(C)c1. The molecule has 154 valence electrons. The summed E-state index contributed by atoms with van der Waals surface area (Å²) in [5, 5.41) is 0. The third kappa shape index (κ3) is 5.17. The summed E-state index contributed by atoms with van der Waals surface area (Å²) in [5.74, 6) is 1.04. The van der Waals surface area contributed by atoms with E-state index in [-0.39, 0.29) is 17.7 Å². The molecule has 0 aromatic heterocycles. The highest BCUT2D eigenvalue weighted by atomic mass is 16.5. The van der Waals surface area contributed by atoms with Gasteiger partial charge in [0.2, 0.25) is 11.8 Å². The summed E-state index contributed by atoms with van der Waals surface area (Å²) in [7, 11) is 1.63. The monoisotopic (exact) mass is 394 g/mol. The molecule has 1 aliphatic heterocycles. The van der Waals surface area contributed by atoms with Gasteiger partial charge in [0.05, 0.1) is 13.5 Å². The number of likely N-dealkylation sites (tertiary alicyclic amines) is 1. The molecular formula is C24H30N2O3. The maximum Gasteiger partial charge on any atom is 0.230 e. The van der Waals surface area contributed by atoms with Crippen molar-refractivity contribution in [2.75, 3.05) is 31.6 Å². The zero-order valence-electron chi connectivity index (χ0n) is 17.6. The Morgan fingerprint density at radius 3 is 2.38 bits per heavy atom. The Morgan fingerprint density at radius 1 is 1.10 bits per heavy atom. The molecule has 0 radical (unpaired) electrons. The zero-order valence-corrected chi connectivity index (χ0v) is 17.6. The third-order valence-electron chi connectivity index (χ3n) is 5.61. The zero-order chi connectivity index (χ0) is 20.8. The molecule has 0 bridgehead atoms. The number of methoxy groups -OCH3 is 1. The van der Waals surface area contributed by atoms with Crippen molar-refractivity contribution in [2.45, 2.75) is 33.1 Å². The molecule has 1 aliphatic rings. The lowest BCUT2D eigenvalue weighted by Crippen LogP contribution is -2.45. The van der Waals surface area contributed by atoms with E-state index in [1.54, 1.807) is 7.11 Å². The van der Waals surface area contributed by atoms with Crippen LogP contribution in [0.5, 0.6) is 5.75 Å². The summed E-state index contributed by atoms with van der Waals surface area (Å²) >= 11 is 0. The van der Waals surface area contributed by atoms with Crippen LogP contribution in [0.2, 0.25) is 0 Å². The number of piperidine rings is 1. The number of aryl methyl sites for hydroxylation is 1. The second kappa shape index (κ2) is 9.59. The van der Waals surface area contributed by atoms with E-state index >= 15 is 0 Å². The molecule has 1 fully saturated rings. The van der Waals surface area contributed by atoms with Gasteiger partial charge in [-0.3, -0.25) is 9.59 Å². The minimum absolute atomic E-state index is 0.0273. The molecule has 29 heavy (non-hydrogen) atoms. The van der Waals surface area contributed by atoms with Gasteiger partial charge in [-0.2, -0.15) is 0 Å². The number of anilines is 1. The summed E-state index contributed by atoms with van der Waals surface area (Å²) in [6.07, 6.45) is 1.82. The lowest BCUT2D eigenvalue weighted by atomic mass is 9.94. The fourth-order valence-electron chi connectivity index (χ4n) is 3.89. The Morgan fingerprint density at radius 2 is 1.79 bits per heavy atom. The number of carbonyl (C=O) groups excluding carboxylic acids is 2. The fraction of sp³-hybridized carbons (Fsp3) is 0.417. The Kier molecular flexibility index (Phi) is 6.91. The number of nitrogens with zero attached hydrogens (tertiary/aromatic N) is 2. The van der Waals surface area contributed by atoms with Gasteiger partial charge < -0.3 is 14.5 Å². The van der Waals surface area contributed by atoms with Crippen LogP contribution < -0.4 is 9.64 Å². The summed E-state index contributed by atoms with van der Waals surface area (Å²) in [6, 6.07) is 15.7. The number of hydrogen-bond donors (Lipinski definition) is 0. The molecule has 5 heteroatoms. The van der Waals surface area contributed by atoms with Crippen molar-refractivity contribution in [2.24, 2.45) is 5.92 Å². The Bertz CT molecular complexity index is 839. The predicted octanol–water partition coefficient (Wildman–Crippen LogP) is 3.84. The first kappa shape index (κ1) is 20.9. The molecule has 1 heterocycles. The predicted molar refractivity (Wildman–Crippen MR) is 115 cm³/mol. The number of rotatable bonds is 6. The number of carbonyl (C=O) groups is 2. The van der Waals surface area contributed by atoms with E-state index in [4.69, 9.17) is 4.74 Å². The molecule has 0 unspecified atom stereocenters. The van der Waals surface area contributed by atoms with Gasteiger partial charge in [-0.05, 0) is 62.1 Å². The number of ether oxygens (including phenoxy) is 1. The number of benzene rings is 2. The van der Waals surface area contributed by atoms with Crippen molar-refractivity contribution in [3.63, 3.8) is 0 Å². The molecule has 0 saturated carbocycles. The molecule has 2 aromatic rings. The van der Waals surface area contributed by atoms with Crippen LogP contribution in [0.15, 0.2) is 48.5 Å². The van der Waals surface area contributed by atoms with Crippen LogP contribution in [0.25, 0.3) is 0 Å². The van der Waals surface area contributed by atoms with Crippen LogP contribution in [0.1, 0.15) is 30.9 Å². The fourth-order valence-corrected chi connectivity index (χ4v) is 3.89. The lowest BCUT2D eigenvalue weighted by molar-refractivity contribution is -0.134. The van der Waals surface area contributed by atoms with E-state index in [0.717, 1.165) is 35.4 Å². The molecule has 0 spiro atoms. The second-order valence-corrected chi connectivity index (χ2v) is 7.60. The highest BCUT2D eigenvalue weighted by molar-refractivity contribution is 5.95. The van der Waals surface area contributed by atoms with Crippen LogP contribution in [-0.4, -0.2) is 43.5 Å². The summed E-state index contributed by atoms with van der Waals surface area (Å²) in [4.78, 5) is 29.5. The molecule has 1 saturated heterocycles. The van der Waals surface area contributed by atoms with E-state index in [2.05, 4.69) is 6.07 Å². The van der Waals surface area contributed by atoms with Gasteiger partial charge in [-0.15, -0.1) is 0 Å². The van der Waals surface area contributed by atoms with Crippen LogP contribution >= 0.6 is 0 Å². The molecule has 2 aromatic carbocycles. The lowest BCUT2D eigenvalue weighted by Gasteiger charge is -2.34. The smallest absolute Gasteiger partial charge is 0.230 e. The average Bonchev–Trinajstić information content (AvgIpc) is 2.75. The highest BCUT2D eigenvalue weighted by Crippen LogP contribution is 2.24. The van der Waals surface area contributed by atoms with Gasteiger partial charge in [0.1, 0.15) is 5.75 Å². The third-order valence-corrected chi connectivity index (χ3v) is 5.61. The van der Waals surface area contributed by atoms with E-state index in [1.807, 2.05) is 66.1 Å². The normalized spacial score (nSPS) is 14.5. The van der Waals surface area contributed by atoms with Gasteiger partial charge in [-0.1, -0.05) is 24.3 Å². The van der Waals surface area contributed by atoms with Crippen LogP contribution in [0.4, 0.5) is 5.69 Å². The van der Waals surface area contributed by atoms with Crippen molar-refractivity contribution in [3.05, 3.63) is 59.7 Å². The average molecular weight is 395 g/mol. The van der Waals surface area contributed by atoms with Gasteiger partial charge in [-0.25, -0.2) is 0 Å². The molecule has 0 N–H and O–H groups in total. The van der Waals surface area contributed by atoms with Crippen molar-refractivity contribution in [1.82, 2.24) is 4.90 Å². The van der Waals surface area contributed by atoms with Gasteiger partial charge in [0.25, 0.3) is 0 Å². The Labute approximate surface area is 173 Å². The standard InChI is InChI=1S/C24H30N2O3/c1-4-26(21-7-5-6-18(2)16-21)24(28)20-12-14-25(15-13-20)23(27)17-19-8-10-22(29-3)11-9-19/h5-11,16,20H,4,12-15,17H2,1-3H3. The minimum atomic E-state index is -0.0273. The molecule has 0 atom stereocenters. The summed E-state index contributed by atoms with van der Waals surface area (Å²) in [6.45, 7) is 5.97. The molecule has 2 amide bonds. The Hall–Kier alpha value is -2.82. The topological polar surface area (TPSA) is 49.9 Å². The number of amides is 2. The second-order valence-electron chi connectivity index (χ2n) is 7.60. The molecule has 5 nitrogen and oxygen atoms in total. The van der Waals surface area contributed by atoms with Crippen molar-refractivity contribution >= 4 is 17.5 Å². The van der Waals surface area contributed by atoms with E-state index in [9.17, 15) is 9.59 Å². The quantitative estimate of drug-likeness (QED) is 0.748. The van der Waals surface area contributed by atoms with E-state index < -0.39 is 0 Å². The first-order chi connectivity index (χ1) is 14.0. The van der Waals surface area contributed by atoms with E-state index in [1.165, 1.54) is 0 Å². The molecule has 3 rings (SSSR count). The molecule has 0 aliphatic carbocycles. The first-order valence-corrected chi connectivity index (χ1v) is 10.3. The van der Waals surface area contributed by atoms with Gasteiger partial charge in [0, 0.05) is 31.2 Å². The summed E-state index contributed by atoms with van der Waals surface area (Å²) in [5.41, 5.74) is 3.08. The summed E-state index contributed by atoms with van der Waals surface area (Å²) < 4.78 is 5.16. The van der Waals surface area contributed by atoms with Crippen molar-refractivity contribution < 1.29 is 14.3 Å². The molecular weight excluding hydrogens is 364 g/mol. The highest BCUT2D eigenvalue weighted by Gasteiger charge is 2.30. The van der Waals surface area contributed by atoms with Crippen LogP contribution in [0.3, 0.4) is 0 Å². The van der Waals surface area contributed by atoms with Gasteiger partial charge >= 0.3 is 0 Å². The van der Waals surface area contributed by atoms with E-state index in [0.29, 0.717) is 26.1 Å². The minimum Gasteiger partial charge on any atom is -0.497 e. The maximum absolute atomic E-state index is 13.1. The maximum atomic E-state index is 13.1.